The molecule has 1 amide bonds. The summed E-state index contributed by atoms with van der Waals surface area (Å²) in [5.41, 5.74) is 5.60. The van der Waals surface area contributed by atoms with Gasteiger partial charge in [0.15, 0.2) is 0 Å². The first-order valence-electron chi connectivity index (χ1n) is 3.69. The maximum absolute atomic E-state index is 11.2. The molecule has 0 spiro atoms. The second-order valence-corrected chi connectivity index (χ2v) is 3.39. The Kier molecular flexibility index (Phi) is 6.14. The van der Waals surface area contributed by atoms with Crippen LogP contribution < -0.4 is 5.73 Å². The van der Waals surface area contributed by atoms with E-state index < -0.39 is 6.04 Å². The molecule has 0 aromatic rings. The predicted octanol–water partition coefficient (Wildman–Crippen LogP) is 0.0866. The van der Waals surface area contributed by atoms with Crippen molar-refractivity contribution in [3.05, 3.63) is 0 Å². The SMILES string of the molecule is CON(C)C(=O)C(N)CCSC. The minimum Gasteiger partial charge on any atom is -0.320 e. The molecule has 0 aliphatic rings. The van der Waals surface area contributed by atoms with Gasteiger partial charge in [-0.25, -0.2) is 5.06 Å². The quantitative estimate of drug-likeness (QED) is 0.627. The van der Waals surface area contributed by atoms with E-state index >= 15 is 0 Å². The van der Waals surface area contributed by atoms with Crippen LogP contribution in [0.4, 0.5) is 0 Å². The van der Waals surface area contributed by atoms with Gasteiger partial charge in [0.1, 0.15) is 0 Å². The smallest absolute Gasteiger partial charge is 0.262 e. The first kappa shape index (κ1) is 11.7. The molecule has 4 nitrogen and oxygen atoms in total. The fraction of sp³-hybridized carbons (Fsp3) is 0.857. The van der Waals surface area contributed by atoms with E-state index in [1.54, 1.807) is 18.8 Å². The van der Waals surface area contributed by atoms with Crippen LogP contribution in [-0.4, -0.2) is 43.2 Å². The molecule has 0 aromatic heterocycles. The number of rotatable bonds is 5. The summed E-state index contributed by atoms with van der Waals surface area (Å²) >= 11 is 1.68. The molecule has 0 saturated heterocycles. The molecular weight excluding hydrogens is 176 g/mol. The lowest BCUT2D eigenvalue weighted by molar-refractivity contribution is -0.170. The van der Waals surface area contributed by atoms with E-state index in [-0.39, 0.29) is 5.91 Å². The second-order valence-electron chi connectivity index (χ2n) is 2.41. The van der Waals surface area contributed by atoms with Crippen molar-refractivity contribution >= 4 is 17.7 Å². The third kappa shape index (κ3) is 3.94. The first-order chi connectivity index (χ1) is 5.63. The highest BCUT2D eigenvalue weighted by atomic mass is 32.2. The molecule has 0 rings (SSSR count). The average molecular weight is 192 g/mol. The number of hydrogen-bond acceptors (Lipinski definition) is 4. The zero-order valence-electron chi connectivity index (χ0n) is 7.74. The van der Waals surface area contributed by atoms with Crippen LogP contribution in [0.3, 0.4) is 0 Å². The highest BCUT2D eigenvalue weighted by Gasteiger charge is 2.16. The van der Waals surface area contributed by atoms with E-state index in [1.807, 2.05) is 6.26 Å². The summed E-state index contributed by atoms with van der Waals surface area (Å²) in [4.78, 5) is 16.0. The number of hydrogen-bond donors (Lipinski definition) is 1. The number of hydroxylamine groups is 2. The number of likely N-dealkylation sites (N-methyl/N-ethyl adjacent to an activating group) is 1. The summed E-state index contributed by atoms with van der Waals surface area (Å²) in [5, 5.41) is 1.16. The molecule has 2 N–H and O–H groups in total. The van der Waals surface area contributed by atoms with Gasteiger partial charge in [-0.2, -0.15) is 11.8 Å². The van der Waals surface area contributed by atoms with Gasteiger partial charge in [0.25, 0.3) is 5.91 Å². The number of nitrogens with two attached hydrogens (primary N) is 1. The second kappa shape index (κ2) is 6.28. The van der Waals surface area contributed by atoms with Crippen LogP contribution >= 0.6 is 11.8 Å². The van der Waals surface area contributed by atoms with Crippen molar-refractivity contribution < 1.29 is 9.63 Å². The lowest BCUT2D eigenvalue weighted by atomic mass is 10.2. The number of amides is 1. The summed E-state index contributed by atoms with van der Waals surface area (Å²) in [6.07, 6.45) is 2.67. The molecule has 0 fully saturated rings. The number of nitrogens with zero attached hydrogens (tertiary/aromatic N) is 1. The Labute approximate surface area is 77.4 Å². The van der Waals surface area contributed by atoms with E-state index in [0.29, 0.717) is 6.42 Å². The van der Waals surface area contributed by atoms with Crippen molar-refractivity contribution in [3.8, 4) is 0 Å². The van der Waals surface area contributed by atoms with Crippen molar-refractivity contribution in [1.29, 1.82) is 0 Å². The monoisotopic (exact) mass is 192 g/mol. The van der Waals surface area contributed by atoms with Gasteiger partial charge in [-0.1, -0.05) is 0 Å². The normalized spacial score (nSPS) is 12.7. The van der Waals surface area contributed by atoms with Crippen LogP contribution in [-0.2, 0) is 9.63 Å². The largest absolute Gasteiger partial charge is 0.320 e. The van der Waals surface area contributed by atoms with Gasteiger partial charge in [0, 0.05) is 7.05 Å². The minimum atomic E-state index is -0.442. The number of thioether (sulfide) groups is 1. The Balaban J connectivity index is 3.75. The molecule has 1 unspecified atom stereocenters. The lowest BCUT2D eigenvalue weighted by Gasteiger charge is -2.17. The molecule has 0 aromatic carbocycles. The summed E-state index contributed by atoms with van der Waals surface area (Å²) in [6, 6.07) is -0.442. The third-order valence-corrected chi connectivity index (χ3v) is 2.18. The zero-order valence-corrected chi connectivity index (χ0v) is 8.56. The lowest BCUT2D eigenvalue weighted by Crippen LogP contribution is -2.41. The molecule has 0 bridgehead atoms. The zero-order chi connectivity index (χ0) is 9.56. The van der Waals surface area contributed by atoms with Crippen LogP contribution in [0.2, 0.25) is 0 Å². The fourth-order valence-electron chi connectivity index (χ4n) is 0.692. The van der Waals surface area contributed by atoms with Crippen LogP contribution in [0.25, 0.3) is 0 Å². The third-order valence-electron chi connectivity index (χ3n) is 1.53. The summed E-state index contributed by atoms with van der Waals surface area (Å²) in [7, 11) is 3.00. The Morgan fingerprint density at radius 1 is 1.75 bits per heavy atom. The van der Waals surface area contributed by atoms with E-state index in [9.17, 15) is 4.79 Å². The summed E-state index contributed by atoms with van der Waals surface area (Å²) < 4.78 is 0. The van der Waals surface area contributed by atoms with E-state index in [2.05, 4.69) is 0 Å². The minimum absolute atomic E-state index is 0.174. The van der Waals surface area contributed by atoms with E-state index in [1.165, 1.54) is 7.11 Å². The van der Waals surface area contributed by atoms with Gasteiger partial charge < -0.3 is 5.73 Å². The molecule has 0 saturated carbocycles. The van der Waals surface area contributed by atoms with Crippen molar-refractivity contribution in [2.45, 2.75) is 12.5 Å². The maximum atomic E-state index is 11.2. The van der Waals surface area contributed by atoms with Crippen molar-refractivity contribution in [1.82, 2.24) is 5.06 Å². The van der Waals surface area contributed by atoms with Gasteiger partial charge in [-0.05, 0) is 18.4 Å². The molecule has 1 atom stereocenters. The molecule has 0 radical (unpaired) electrons. The number of carbonyl (C=O) groups excluding carboxylic acids is 1. The molecule has 0 aliphatic heterocycles. The van der Waals surface area contributed by atoms with E-state index in [0.717, 1.165) is 10.8 Å². The van der Waals surface area contributed by atoms with Crippen LogP contribution in [0.1, 0.15) is 6.42 Å². The Hall–Kier alpha value is -0.260. The molecule has 5 heteroatoms. The molecule has 0 heterocycles. The molecular formula is C7H16N2O2S. The van der Waals surface area contributed by atoms with Gasteiger partial charge >= 0.3 is 0 Å². The van der Waals surface area contributed by atoms with Gasteiger partial charge in [0.05, 0.1) is 13.2 Å². The topological polar surface area (TPSA) is 55.6 Å². The highest BCUT2D eigenvalue weighted by molar-refractivity contribution is 7.98. The van der Waals surface area contributed by atoms with Crippen molar-refractivity contribution in [2.75, 3.05) is 26.2 Å². The molecule has 12 heavy (non-hydrogen) atoms. The maximum Gasteiger partial charge on any atom is 0.262 e. The standard InChI is InChI=1S/C7H16N2O2S/c1-9(11-2)7(10)6(8)4-5-12-3/h6H,4-5,8H2,1-3H3. The first-order valence-corrected chi connectivity index (χ1v) is 5.09. The molecule has 72 valence electrons. The van der Waals surface area contributed by atoms with Gasteiger partial charge in [-0.3, -0.25) is 9.63 Å². The van der Waals surface area contributed by atoms with E-state index in [4.69, 9.17) is 10.6 Å². The Morgan fingerprint density at radius 3 is 2.75 bits per heavy atom. The number of carbonyl (C=O) groups is 1. The summed E-state index contributed by atoms with van der Waals surface area (Å²) in [5.74, 6) is 0.719. The van der Waals surface area contributed by atoms with Crippen LogP contribution in [0.15, 0.2) is 0 Å². The van der Waals surface area contributed by atoms with Crippen molar-refractivity contribution in [2.24, 2.45) is 5.73 Å². The van der Waals surface area contributed by atoms with Gasteiger partial charge in [0.2, 0.25) is 0 Å². The molecule has 0 aliphatic carbocycles. The van der Waals surface area contributed by atoms with Gasteiger partial charge in [-0.15, -0.1) is 0 Å². The fourth-order valence-corrected chi connectivity index (χ4v) is 1.18. The van der Waals surface area contributed by atoms with Crippen molar-refractivity contribution in [3.63, 3.8) is 0 Å². The predicted molar refractivity (Wildman–Crippen MR) is 50.8 cm³/mol. The average Bonchev–Trinajstić information content (AvgIpc) is 2.11. The highest BCUT2D eigenvalue weighted by Crippen LogP contribution is 2.01. The van der Waals surface area contributed by atoms with Crippen LogP contribution in [0.5, 0.6) is 0 Å². The van der Waals surface area contributed by atoms with Crippen LogP contribution in [0, 0.1) is 0 Å². The summed E-state index contributed by atoms with van der Waals surface area (Å²) in [6.45, 7) is 0. The Bertz CT molecular complexity index is 143. The Morgan fingerprint density at radius 2 is 2.33 bits per heavy atom.